The van der Waals surface area contributed by atoms with Gasteiger partial charge in [0.15, 0.2) is 0 Å². The van der Waals surface area contributed by atoms with Gasteiger partial charge in [0, 0.05) is 31.2 Å². The van der Waals surface area contributed by atoms with Gasteiger partial charge < -0.3 is 10.1 Å². The van der Waals surface area contributed by atoms with E-state index in [0.717, 1.165) is 13.2 Å². The monoisotopic (exact) mass is 282 g/mol. The van der Waals surface area contributed by atoms with Gasteiger partial charge in [-0.15, -0.1) is 0 Å². The molecule has 0 aromatic carbocycles. The second-order valence-corrected chi connectivity index (χ2v) is 7.05. The zero-order valence-corrected chi connectivity index (χ0v) is 13.8. The van der Waals surface area contributed by atoms with Crippen molar-refractivity contribution >= 4 is 0 Å². The molecule has 2 aliphatic rings. The molecule has 1 heterocycles. The van der Waals surface area contributed by atoms with Crippen LogP contribution >= 0.6 is 0 Å². The van der Waals surface area contributed by atoms with Crippen LogP contribution in [0.5, 0.6) is 0 Å². The topological polar surface area (TPSA) is 24.5 Å². The highest BCUT2D eigenvalue weighted by Gasteiger charge is 2.39. The molecule has 1 atom stereocenters. The summed E-state index contributed by atoms with van der Waals surface area (Å²) in [5.41, 5.74) is 0.417. The molecule has 1 spiro atoms. The quantitative estimate of drug-likeness (QED) is 0.810. The van der Waals surface area contributed by atoms with Crippen LogP contribution in [0.4, 0.5) is 0 Å². The molecule has 2 fully saturated rings. The van der Waals surface area contributed by atoms with Gasteiger partial charge >= 0.3 is 0 Å². The lowest BCUT2D eigenvalue weighted by Crippen LogP contribution is -2.65. The van der Waals surface area contributed by atoms with E-state index in [1.165, 1.54) is 58.0 Å². The van der Waals surface area contributed by atoms with Crippen LogP contribution in [0.25, 0.3) is 0 Å². The highest BCUT2D eigenvalue weighted by molar-refractivity contribution is 4.99. The van der Waals surface area contributed by atoms with Crippen LogP contribution in [-0.4, -0.2) is 48.8 Å². The Balaban J connectivity index is 1.90. The number of piperazine rings is 1. The third kappa shape index (κ3) is 4.44. The van der Waals surface area contributed by atoms with Crippen molar-refractivity contribution < 1.29 is 4.74 Å². The lowest BCUT2D eigenvalue weighted by atomic mass is 9.79. The van der Waals surface area contributed by atoms with Gasteiger partial charge in [0.05, 0.1) is 12.7 Å². The predicted molar refractivity (Wildman–Crippen MR) is 85.2 cm³/mol. The molecule has 1 aliphatic heterocycles. The largest absolute Gasteiger partial charge is 0.377 e. The zero-order valence-electron chi connectivity index (χ0n) is 13.8. The van der Waals surface area contributed by atoms with Crippen LogP contribution in [0.3, 0.4) is 0 Å². The molecule has 2 rings (SSSR count). The average molecular weight is 282 g/mol. The molecule has 1 unspecified atom stereocenters. The predicted octanol–water partition coefficient (Wildman–Crippen LogP) is 3.19. The molecule has 0 aromatic heterocycles. The first-order chi connectivity index (χ1) is 9.65. The summed E-state index contributed by atoms with van der Waals surface area (Å²) in [7, 11) is 0. The average Bonchev–Trinajstić information content (AvgIpc) is 2.43. The van der Waals surface area contributed by atoms with E-state index in [1.807, 2.05) is 0 Å². The maximum Gasteiger partial charge on any atom is 0.0597 e. The van der Waals surface area contributed by atoms with Crippen LogP contribution < -0.4 is 5.32 Å². The van der Waals surface area contributed by atoms with Crippen LogP contribution in [0, 0.1) is 0 Å². The lowest BCUT2D eigenvalue weighted by Gasteiger charge is -2.50. The summed E-state index contributed by atoms with van der Waals surface area (Å²) in [5.74, 6) is 0. The van der Waals surface area contributed by atoms with Gasteiger partial charge in [-0.25, -0.2) is 0 Å². The Bertz CT molecular complexity index is 274. The molecule has 1 aliphatic carbocycles. The van der Waals surface area contributed by atoms with Gasteiger partial charge in [-0.3, -0.25) is 4.90 Å². The van der Waals surface area contributed by atoms with Crippen molar-refractivity contribution in [2.45, 2.75) is 83.4 Å². The first kappa shape index (κ1) is 16.3. The summed E-state index contributed by atoms with van der Waals surface area (Å²) in [6.07, 6.45) is 9.92. The minimum atomic E-state index is 0.353. The van der Waals surface area contributed by atoms with E-state index in [0.29, 0.717) is 17.7 Å². The van der Waals surface area contributed by atoms with E-state index < -0.39 is 0 Å². The van der Waals surface area contributed by atoms with Crippen molar-refractivity contribution in [2.24, 2.45) is 0 Å². The van der Waals surface area contributed by atoms with Gasteiger partial charge in [0.2, 0.25) is 0 Å². The fraction of sp³-hybridized carbons (Fsp3) is 1.00. The van der Waals surface area contributed by atoms with Crippen LogP contribution in [0.2, 0.25) is 0 Å². The molecular formula is C17H34N2O. The van der Waals surface area contributed by atoms with Crippen LogP contribution in [0.1, 0.15) is 65.7 Å². The summed E-state index contributed by atoms with van der Waals surface area (Å²) in [5, 5.41) is 3.92. The molecule has 0 bridgehead atoms. The smallest absolute Gasteiger partial charge is 0.0597 e. The van der Waals surface area contributed by atoms with E-state index in [9.17, 15) is 0 Å². The Morgan fingerprint density at radius 3 is 2.65 bits per heavy atom. The molecule has 0 radical (unpaired) electrons. The van der Waals surface area contributed by atoms with Crippen molar-refractivity contribution in [2.75, 3.05) is 26.2 Å². The number of ether oxygens (including phenoxy) is 1. The lowest BCUT2D eigenvalue weighted by molar-refractivity contribution is 0.0100. The molecule has 1 saturated heterocycles. The van der Waals surface area contributed by atoms with E-state index in [4.69, 9.17) is 4.74 Å². The Morgan fingerprint density at radius 2 is 2.00 bits per heavy atom. The van der Waals surface area contributed by atoms with E-state index in [2.05, 4.69) is 31.0 Å². The van der Waals surface area contributed by atoms with E-state index in [1.54, 1.807) is 0 Å². The third-order valence-corrected chi connectivity index (χ3v) is 5.00. The molecule has 3 heteroatoms. The Morgan fingerprint density at radius 1 is 1.25 bits per heavy atom. The minimum Gasteiger partial charge on any atom is -0.377 e. The second kappa shape index (κ2) is 7.77. The zero-order chi connectivity index (χ0) is 14.4. The second-order valence-electron chi connectivity index (χ2n) is 7.05. The number of hydrogen-bond donors (Lipinski definition) is 1. The molecule has 20 heavy (non-hydrogen) atoms. The first-order valence-corrected chi connectivity index (χ1v) is 8.76. The van der Waals surface area contributed by atoms with Gasteiger partial charge in [0.1, 0.15) is 0 Å². The fourth-order valence-corrected chi connectivity index (χ4v) is 3.89. The van der Waals surface area contributed by atoms with Gasteiger partial charge in [0.25, 0.3) is 0 Å². The molecule has 0 aromatic rings. The fourth-order valence-electron chi connectivity index (χ4n) is 3.89. The number of hydrogen-bond acceptors (Lipinski definition) is 3. The number of nitrogens with one attached hydrogen (secondary N) is 1. The van der Waals surface area contributed by atoms with E-state index in [-0.39, 0.29) is 0 Å². The van der Waals surface area contributed by atoms with E-state index >= 15 is 0 Å². The summed E-state index contributed by atoms with van der Waals surface area (Å²) < 4.78 is 5.78. The SMILES string of the molecule is CCCC1CNC2(CCCCC2)CN1CCOC(C)C. The van der Waals surface area contributed by atoms with Crippen molar-refractivity contribution in [1.29, 1.82) is 0 Å². The van der Waals surface area contributed by atoms with Crippen LogP contribution in [0.15, 0.2) is 0 Å². The Labute approximate surface area is 125 Å². The van der Waals surface area contributed by atoms with Crippen molar-refractivity contribution in [3.63, 3.8) is 0 Å². The summed E-state index contributed by atoms with van der Waals surface area (Å²) >= 11 is 0. The Kier molecular flexibility index (Phi) is 6.31. The molecule has 1 N–H and O–H groups in total. The standard InChI is InChI=1S/C17H34N2O/c1-4-8-16-13-18-17(9-6-5-7-10-17)14-19(16)11-12-20-15(2)3/h15-16,18H,4-14H2,1-3H3. The Hall–Kier alpha value is -0.120. The molecule has 3 nitrogen and oxygen atoms in total. The van der Waals surface area contributed by atoms with Gasteiger partial charge in [-0.1, -0.05) is 32.6 Å². The van der Waals surface area contributed by atoms with Crippen LogP contribution in [-0.2, 0) is 4.74 Å². The normalized spacial score (nSPS) is 27.3. The minimum absolute atomic E-state index is 0.353. The maximum atomic E-state index is 5.78. The first-order valence-electron chi connectivity index (χ1n) is 8.76. The highest BCUT2D eigenvalue weighted by Crippen LogP contribution is 2.32. The molecular weight excluding hydrogens is 248 g/mol. The number of rotatable bonds is 6. The molecule has 1 saturated carbocycles. The summed E-state index contributed by atoms with van der Waals surface area (Å²) in [6.45, 7) is 11.0. The third-order valence-electron chi connectivity index (χ3n) is 5.00. The van der Waals surface area contributed by atoms with Gasteiger partial charge in [-0.2, -0.15) is 0 Å². The summed E-state index contributed by atoms with van der Waals surface area (Å²) in [6, 6.07) is 0.711. The van der Waals surface area contributed by atoms with Crippen molar-refractivity contribution in [1.82, 2.24) is 10.2 Å². The maximum absolute atomic E-state index is 5.78. The molecule has 118 valence electrons. The summed E-state index contributed by atoms with van der Waals surface area (Å²) in [4.78, 5) is 2.72. The van der Waals surface area contributed by atoms with Crippen molar-refractivity contribution in [3.8, 4) is 0 Å². The van der Waals surface area contributed by atoms with Gasteiger partial charge in [-0.05, 0) is 33.1 Å². The highest BCUT2D eigenvalue weighted by atomic mass is 16.5. The molecule has 0 amide bonds. The number of nitrogens with zero attached hydrogens (tertiary/aromatic N) is 1. The van der Waals surface area contributed by atoms with Crippen molar-refractivity contribution in [3.05, 3.63) is 0 Å².